The van der Waals surface area contributed by atoms with Crippen LogP contribution in [-0.2, 0) is 16.4 Å². The van der Waals surface area contributed by atoms with Gasteiger partial charge < -0.3 is 5.32 Å². The van der Waals surface area contributed by atoms with E-state index in [0.717, 1.165) is 25.1 Å². The van der Waals surface area contributed by atoms with E-state index in [1.54, 1.807) is 24.4 Å². The molecule has 0 aliphatic carbocycles. The number of aromatic nitrogens is 4. The molecule has 0 saturated carbocycles. The van der Waals surface area contributed by atoms with Crippen LogP contribution in [0.5, 0.6) is 0 Å². The summed E-state index contributed by atoms with van der Waals surface area (Å²) in [5.74, 6) is 0.644. The van der Waals surface area contributed by atoms with Crippen LogP contribution < -0.4 is 5.32 Å². The highest BCUT2D eigenvalue weighted by Crippen LogP contribution is 2.30. The summed E-state index contributed by atoms with van der Waals surface area (Å²) in [5, 5.41) is 8.47. The molecular weight excluding hydrogens is 326 g/mol. The van der Waals surface area contributed by atoms with E-state index in [-0.39, 0.29) is 10.9 Å². The summed E-state index contributed by atoms with van der Waals surface area (Å²) < 4.78 is 25.7. The fraction of sp³-hybridized carbons (Fsp3) is 0.312. The van der Waals surface area contributed by atoms with E-state index in [1.165, 1.54) is 12.6 Å². The van der Waals surface area contributed by atoms with Crippen molar-refractivity contribution in [1.29, 1.82) is 0 Å². The van der Waals surface area contributed by atoms with Gasteiger partial charge in [0.05, 0.1) is 22.1 Å². The average molecular weight is 343 g/mol. The van der Waals surface area contributed by atoms with Crippen molar-refractivity contribution in [2.24, 2.45) is 0 Å². The van der Waals surface area contributed by atoms with Crippen molar-refractivity contribution in [3.63, 3.8) is 0 Å². The van der Waals surface area contributed by atoms with Gasteiger partial charge in [0.15, 0.2) is 9.84 Å². The van der Waals surface area contributed by atoms with Gasteiger partial charge in [0, 0.05) is 24.4 Å². The standard InChI is InChI=1S/C16H17N5O2S/c1-24(22,23)11-4-5-13-12(9-11)16(18-10-17-13)20-14-3-2-8-21-15(14)6-7-19-21/h4-7,9-10,14H,2-3,8H2,1H3,(H,17,18,20). The molecule has 2 aromatic heterocycles. The van der Waals surface area contributed by atoms with Crippen LogP contribution in [0.1, 0.15) is 24.6 Å². The third kappa shape index (κ3) is 2.62. The predicted octanol–water partition coefficient (Wildman–Crippen LogP) is 2.18. The molecule has 3 aromatic rings. The third-order valence-electron chi connectivity index (χ3n) is 4.32. The number of benzene rings is 1. The highest BCUT2D eigenvalue weighted by molar-refractivity contribution is 7.90. The summed E-state index contributed by atoms with van der Waals surface area (Å²) in [4.78, 5) is 8.83. The maximum Gasteiger partial charge on any atom is 0.175 e. The minimum Gasteiger partial charge on any atom is -0.361 e. The molecule has 0 radical (unpaired) electrons. The van der Waals surface area contributed by atoms with Crippen molar-refractivity contribution in [3.8, 4) is 0 Å². The Kier molecular flexibility index (Phi) is 3.49. The number of nitrogens with zero attached hydrogens (tertiary/aromatic N) is 4. The molecule has 1 N–H and O–H groups in total. The number of fused-ring (bicyclic) bond motifs is 2. The van der Waals surface area contributed by atoms with Gasteiger partial charge in [-0.25, -0.2) is 18.4 Å². The second-order valence-electron chi connectivity index (χ2n) is 5.99. The highest BCUT2D eigenvalue weighted by atomic mass is 32.2. The normalized spacial score (nSPS) is 17.6. The molecule has 0 fully saturated rings. The monoisotopic (exact) mass is 343 g/mol. The number of hydrogen-bond donors (Lipinski definition) is 1. The van der Waals surface area contributed by atoms with Gasteiger partial charge in [-0.3, -0.25) is 4.68 Å². The van der Waals surface area contributed by atoms with Gasteiger partial charge in [0.2, 0.25) is 0 Å². The molecule has 0 amide bonds. The highest BCUT2D eigenvalue weighted by Gasteiger charge is 2.22. The van der Waals surface area contributed by atoms with Crippen molar-refractivity contribution in [2.75, 3.05) is 11.6 Å². The quantitative estimate of drug-likeness (QED) is 0.784. The van der Waals surface area contributed by atoms with E-state index >= 15 is 0 Å². The van der Waals surface area contributed by atoms with Crippen molar-refractivity contribution < 1.29 is 8.42 Å². The molecule has 3 heterocycles. The predicted molar refractivity (Wildman–Crippen MR) is 90.5 cm³/mol. The Morgan fingerprint density at radius 3 is 2.96 bits per heavy atom. The van der Waals surface area contributed by atoms with Crippen LogP contribution in [0.2, 0.25) is 0 Å². The Morgan fingerprint density at radius 2 is 2.12 bits per heavy atom. The van der Waals surface area contributed by atoms with Crippen LogP contribution in [0.25, 0.3) is 10.9 Å². The largest absolute Gasteiger partial charge is 0.361 e. The number of hydrogen-bond acceptors (Lipinski definition) is 6. The summed E-state index contributed by atoms with van der Waals surface area (Å²) in [6, 6.07) is 7.02. The Bertz CT molecular complexity index is 1010. The van der Waals surface area contributed by atoms with Crippen molar-refractivity contribution >= 4 is 26.6 Å². The van der Waals surface area contributed by atoms with Crippen molar-refractivity contribution in [1.82, 2.24) is 19.7 Å². The van der Waals surface area contributed by atoms with Crippen molar-refractivity contribution in [2.45, 2.75) is 30.3 Å². The molecule has 1 aliphatic rings. The van der Waals surface area contributed by atoms with Crippen LogP contribution in [0.4, 0.5) is 5.82 Å². The second kappa shape index (κ2) is 5.55. The van der Waals surface area contributed by atoms with Gasteiger partial charge in [-0.2, -0.15) is 5.10 Å². The zero-order valence-electron chi connectivity index (χ0n) is 13.2. The van der Waals surface area contributed by atoms with Gasteiger partial charge >= 0.3 is 0 Å². The number of nitrogens with one attached hydrogen (secondary N) is 1. The SMILES string of the molecule is CS(=O)(=O)c1ccc2ncnc(NC3CCCn4nccc43)c2c1. The lowest BCUT2D eigenvalue weighted by molar-refractivity contribution is 0.445. The fourth-order valence-corrected chi connectivity index (χ4v) is 3.76. The molecule has 8 heteroatoms. The van der Waals surface area contributed by atoms with E-state index in [9.17, 15) is 8.42 Å². The number of aryl methyl sites for hydroxylation is 1. The van der Waals surface area contributed by atoms with Crippen LogP contribution >= 0.6 is 0 Å². The van der Waals surface area contributed by atoms with Crippen LogP contribution in [0, 0.1) is 0 Å². The maximum absolute atomic E-state index is 11.8. The Hall–Kier alpha value is -2.48. The number of rotatable bonds is 3. The smallest absolute Gasteiger partial charge is 0.175 e. The van der Waals surface area contributed by atoms with E-state index in [4.69, 9.17) is 0 Å². The van der Waals surface area contributed by atoms with Gasteiger partial charge in [-0.15, -0.1) is 0 Å². The van der Waals surface area contributed by atoms with Crippen molar-refractivity contribution in [3.05, 3.63) is 42.5 Å². The first-order chi connectivity index (χ1) is 11.5. The minimum absolute atomic E-state index is 0.0984. The molecular formula is C16H17N5O2S. The van der Waals surface area contributed by atoms with Crippen LogP contribution in [0.3, 0.4) is 0 Å². The lowest BCUT2D eigenvalue weighted by atomic mass is 10.0. The minimum atomic E-state index is -3.28. The Morgan fingerprint density at radius 1 is 1.25 bits per heavy atom. The molecule has 1 aromatic carbocycles. The summed E-state index contributed by atoms with van der Waals surface area (Å²) in [6.07, 6.45) is 6.50. The first-order valence-electron chi connectivity index (χ1n) is 7.75. The van der Waals surface area contributed by atoms with Gasteiger partial charge in [-0.1, -0.05) is 0 Å². The molecule has 7 nitrogen and oxygen atoms in total. The molecule has 1 atom stereocenters. The maximum atomic E-state index is 11.8. The van der Waals surface area contributed by atoms with Gasteiger partial charge in [0.1, 0.15) is 12.1 Å². The third-order valence-corrected chi connectivity index (χ3v) is 5.43. The molecule has 0 saturated heterocycles. The summed E-state index contributed by atoms with van der Waals surface area (Å²) in [6.45, 7) is 0.920. The molecule has 24 heavy (non-hydrogen) atoms. The molecule has 0 spiro atoms. The fourth-order valence-electron chi connectivity index (χ4n) is 3.11. The molecule has 124 valence electrons. The number of sulfone groups is 1. The van der Waals surface area contributed by atoms with E-state index < -0.39 is 9.84 Å². The lowest BCUT2D eigenvalue weighted by Crippen LogP contribution is -2.22. The lowest BCUT2D eigenvalue weighted by Gasteiger charge is -2.25. The zero-order chi connectivity index (χ0) is 16.7. The van der Waals surface area contributed by atoms with E-state index in [0.29, 0.717) is 16.7 Å². The van der Waals surface area contributed by atoms with Gasteiger partial charge in [-0.05, 0) is 37.1 Å². The Labute approximate surface area is 139 Å². The van der Waals surface area contributed by atoms with Crippen LogP contribution in [-0.4, -0.2) is 34.4 Å². The zero-order valence-corrected chi connectivity index (χ0v) is 14.0. The molecule has 1 aliphatic heterocycles. The second-order valence-corrected chi connectivity index (χ2v) is 8.01. The topological polar surface area (TPSA) is 89.8 Å². The number of anilines is 1. The first-order valence-corrected chi connectivity index (χ1v) is 9.64. The summed E-state index contributed by atoms with van der Waals surface area (Å²) in [7, 11) is -3.28. The average Bonchev–Trinajstić information content (AvgIpc) is 3.03. The summed E-state index contributed by atoms with van der Waals surface area (Å²) in [5.41, 5.74) is 1.83. The Balaban J connectivity index is 1.78. The van der Waals surface area contributed by atoms with Gasteiger partial charge in [0.25, 0.3) is 0 Å². The van der Waals surface area contributed by atoms with E-state index in [2.05, 4.69) is 20.4 Å². The first kappa shape index (κ1) is 15.1. The molecule has 1 unspecified atom stereocenters. The molecule has 4 rings (SSSR count). The molecule has 0 bridgehead atoms. The van der Waals surface area contributed by atoms with E-state index in [1.807, 2.05) is 10.7 Å². The van der Waals surface area contributed by atoms with Crippen LogP contribution in [0.15, 0.2) is 41.7 Å². The summed E-state index contributed by atoms with van der Waals surface area (Å²) >= 11 is 0.